The van der Waals surface area contributed by atoms with Crippen LogP contribution in [0.3, 0.4) is 0 Å². The zero-order chi connectivity index (χ0) is 25.1. The first-order chi connectivity index (χ1) is 17.3. The highest BCUT2D eigenvalue weighted by Gasteiger charge is 2.44. The quantitative estimate of drug-likeness (QED) is 0.372. The van der Waals surface area contributed by atoms with Crippen LogP contribution in [0.2, 0.25) is 0 Å². The molecule has 1 unspecified atom stereocenters. The van der Waals surface area contributed by atoms with Gasteiger partial charge in [0.25, 0.3) is 0 Å². The Balaban J connectivity index is 1.31. The van der Waals surface area contributed by atoms with E-state index in [0.29, 0.717) is 23.4 Å². The van der Waals surface area contributed by atoms with Crippen molar-refractivity contribution in [2.45, 2.75) is 32.3 Å². The van der Waals surface area contributed by atoms with Crippen molar-refractivity contribution in [1.82, 2.24) is 25.0 Å². The summed E-state index contributed by atoms with van der Waals surface area (Å²) in [5.74, 6) is 0.0322. The minimum atomic E-state index is -0.596. The van der Waals surface area contributed by atoms with Crippen LogP contribution in [-0.4, -0.2) is 43.5 Å². The van der Waals surface area contributed by atoms with E-state index in [2.05, 4.69) is 30.9 Å². The lowest BCUT2D eigenvalue weighted by molar-refractivity contribution is -0.117. The van der Waals surface area contributed by atoms with Crippen LogP contribution in [0.25, 0.3) is 22.0 Å². The van der Waals surface area contributed by atoms with Gasteiger partial charge in [-0.25, -0.2) is 9.37 Å². The van der Waals surface area contributed by atoms with Gasteiger partial charge in [0.1, 0.15) is 17.3 Å². The van der Waals surface area contributed by atoms with Crippen LogP contribution in [0.4, 0.5) is 21.6 Å². The highest BCUT2D eigenvalue weighted by Crippen LogP contribution is 2.48. The number of aromatic nitrogens is 5. The second kappa shape index (κ2) is 8.14. The Labute approximate surface area is 206 Å². The number of pyridine rings is 1. The lowest BCUT2D eigenvalue weighted by Crippen LogP contribution is -2.28. The zero-order valence-electron chi connectivity index (χ0n) is 20.0. The Bertz CT molecular complexity index is 1530. The fraction of sp³-hybridized carbons (Fsp3) is 0.320. The van der Waals surface area contributed by atoms with Gasteiger partial charge in [-0.2, -0.15) is 5.10 Å². The normalized spacial score (nSPS) is 20.4. The predicted octanol–water partition coefficient (Wildman–Crippen LogP) is 3.39. The van der Waals surface area contributed by atoms with E-state index in [4.69, 9.17) is 10.5 Å². The van der Waals surface area contributed by atoms with E-state index in [9.17, 15) is 4.79 Å². The summed E-state index contributed by atoms with van der Waals surface area (Å²) in [4.78, 5) is 17.2. The zero-order valence-corrected chi connectivity index (χ0v) is 20.0. The summed E-state index contributed by atoms with van der Waals surface area (Å²) in [5.41, 5.74) is 9.70. The third kappa shape index (κ3) is 3.67. The molecule has 1 saturated carbocycles. The number of anilines is 3. The molecule has 36 heavy (non-hydrogen) atoms. The molecule has 1 amide bonds. The van der Waals surface area contributed by atoms with Crippen LogP contribution in [0.5, 0.6) is 5.88 Å². The first-order valence-corrected chi connectivity index (χ1v) is 11.8. The van der Waals surface area contributed by atoms with E-state index in [-0.39, 0.29) is 46.4 Å². The van der Waals surface area contributed by atoms with Gasteiger partial charge in [0.2, 0.25) is 11.8 Å². The minimum absolute atomic E-state index is 0.00853. The summed E-state index contributed by atoms with van der Waals surface area (Å²) >= 11 is 0. The first kappa shape index (κ1) is 22.2. The van der Waals surface area contributed by atoms with Gasteiger partial charge in [-0.1, -0.05) is 0 Å². The van der Waals surface area contributed by atoms with Gasteiger partial charge in [0, 0.05) is 41.9 Å². The second-order valence-corrected chi connectivity index (χ2v) is 9.49. The second-order valence-electron chi connectivity index (χ2n) is 9.49. The van der Waals surface area contributed by atoms with Crippen molar-refractivity contribution in [1.29, 1.82) is 0 Å². The molecule has 3 aromatic heterocycles. The number of nitrogen functional groups attached to an aromatic ring is 1. The Morgan fingerprint density at radius 3 is 2.89 bits per heavy atom. The molecule has 0 radical (unpaired) electrons. The molecule has 4 aromatic rings. The highest BCUT2D eigenvalue weighted by atomic mass is 19.1. The van der Waals surface area contributed by atoms with E-state index in [0.717, 1.165) is 23.2 Å². The molecule has 4 N–H and O–H groups in total. The number of rotatable bonds is 4. The molecule has 1 aromatic carbocycles. The van der Waals surface area contributed by atoms with Crippen molar-refractivity contribution in [3.63, 3.8) is 0 Å². The van der Waals surface area contributed by atoms with Gasteiger partial charge in [-0.3, -0.25) is 9.48 Å². The molecule has 6 rings (SSSR count). The maximum Gasteiger partial charge on any atom is 0.238 e. The maximum atomic E-state index is 15.4. The van der Waals surface area contributed by atoms with Gasteiger partial charge >= 0.3 is 0 Å². The smallest absolute Gasteiger partial charge is 0.238 e. The minimum Gasteiger partial charge on any atom is -0.471 e. The van der Waals surface area contributed by atoms with Crippen molar-refractivity contribution < 1.29 is 13.9 Å². The number of ether oxygens (including phenoxy) is 1. The van der Waals surface area contributed by atoms with Crippen LogP contribution < -0.4 is 21.1 Å². The van der Waals surface area contributed by atoms with Gasteiger partial charge < -0.3 is 21.1 Å². The Morgan fingerprint density at radius 1 is 1.28 bits per heavy atom. The number of amides is 1. The van der Waals surface area contributed by atoms with Crippen molar-refractivity contribution >= 4 is 34.0 Å². The average molecular weight is 489 g/mol. The molecule has 184 valence electrons. The Morgan fingerprint density at radius 2 is 2.11 bits per heavy atom. The van der Waals surface area contributed by atoms with E-state index in [1.165, 1.54) is 0 Å². The lowest BCUT2D eigenvalue weighted by atomic mass is 9.98. The fourth-order valence-corrected chi connectivity index (χ4v) is 4.78. The molecule has 0 saturated heterocycles. The third-order valence-electron chi connectivity index (χ3n) is 6.86. The molecule has 0 bridgehead atoms. The molecule has 1 fully saturated rings. The third-order valence-corrected chi connectivity index (χ3v) is 6.86. The number of nitrogens with two attached hydrogens (primary N) is 1. The summed E-state index contributed by atoms with van der Waals surface area (Å²) in [7, 11) is 1.85. The predicted molar refractivity (Wildman–Crippen MR) is 133 cm³/mol. The van der Waals surface area contributed by atoms with Crippen molar-refractivity contribution in [3.05, 3.63) is 47.7 Å². The highest BCUT2D eigenvalue weighted by molar-refractivity contribution is 5.99. The number of benzene rings is 1. The van der Waals surface area contributed by atoms with E-state index in [1.807, 2.05) is 27.1 Å². The average Bonchev–Trinajstić information content (AvgIpc) is 3.55. The molecule has 1 aliphatic carbocycles. The molecule has 1 aliphatic heterocycles. The SMILES string of the molecule is Cc1c(-c2cc3cc(NC(=O)[C@H]4C[C@@H]4c4cnn(C)c4)nnc3c(N)c2F)cnc2c1NCC(C)O2. The molecule has 0 spiro atoms. The summed E-state index contributed by atoms with van der Waals surface area (Å²) in [6, 6.07) is 3.31. The lowest BCUT2D eigenvalue weighted by Gasteiger charge is -2.26. The summed E-state index contributed by atoms with van der Waals surface area (Å²) < 4.78 is 22.9. The number of hydrogen-bond donors (Lipinski definition) is 3. The number of carbonyl (C=O) groups excluding carboxylic acids is 1. The van der Waals surface area contributed by atoms with Crippen LogP contribution in [0.1, 0.15) is 30.4 Å². The topological polar surface area (TPSA) is 133 Å². The van der Waals surface area contributed by atoms with Gasteiger partial charge in [-0.15, -0.1) is 10.2 Å². The van der Waals surface area contributed by atoms with Crippen LogP contribution in [0, 0.1) is 18.7 Å². The first-order valence-electron chi connectivity index (χ1n) is 11.8. The van der Waals surface area contributed by atoms with E-state index >= 15 is 4.39 Å². The van der Waals surface area contributed by atoms with Crippen LogP contribution in [0.15, 0.2) is 30.7 Å². The van der Waals surface area contributed by atoms with Gasteiger partial charge in [0.05, 0.1) is 18.4 Å². The van der Waals surface area contributed by atoms with Gasteiger partial charge in [-0.05, 0) is 49.4 Å². The molecular weight excluding hydrogens is 463 g/mol. The summed E-state index contributed by atoms with van der Waals surface area (Å²) in [6.07, 6.45) is 6.03. The molecule has 10 nitrogen and oxygen atoms in total. The molecule has 2 aliphatic rings. The fourth-order valence-electron chi connectivity index (χ4n) is 4.78. The summed E-state index contributed by atoms with van der Waals surface area (Å²) in [5, 5.41) is 19.0. The number of hydrogen-bond acceptors (Lipinski definition) is 8. The van der Waals surface area contributed by atoms with E-state index < -0.39 is 5.82 Å². The number of halogens is 1. The van der Waals surface area contributed by atoms with Crippen LogP contribution >= 0.6 is 0 Å². The van der Waals surface area contributed by atoms with E-state index in [1.54, 1.807) is 29.2 Å². The molecule has 3 atom stereocenters. The monoisotopic (exact) mass is 488 g/mol. The van der Waals surface area contributed by atoms with Crippen molar-refractivity contribution in [2.75, 3.05) is 22.9 Å². The Kier molecular flexibility index (Phi) is 5.02. The molecule has 11 heteroatoms. The number of carbonyl (C=O) groups is 1. The Hall–Kier alpha value is -4.28. The maximum absolute atomic E-state index is 15.4. The molecular formula is C25H25FN8O2. The van der Waals surface area contributed by atoms with Crippen molar-refractivity contribution in [2.24, 2.45) is 13.0 Å². The standard InChI is InChI=1S/C25H25FN8O2/c1-11-7-28-22-12(2)18(9-29-25(22)36-11)16-4-13-5-19(32-33-23(13)21(27)20(16)26)31-24(35)17-6-15(17)14-8-30-34(3)10-14/h4-5,8-11,15,17,28H,6-7,27H2,1-3H3,(H,31,32,35)/t11?,15-,17+/m1/s1. The van der Waals surface area contributed by atoms with Crippen molar-refractivity contribution in [3.8, 4) is 17.0 Å². The number of aryl methyl sites for hydroxylation is 1. The summed E-state index contributed by atoms with van der Waals surface area (Å²) in [6.45, 7) is 4.46. The molecule has 4 heterocycles. The number of fused-ring (bicyclic) bond motifs is 2. The number of nitrogens with one attached hydrogen (secondary N) is 2. The van der Waals surface area contributed by atoms with Gasteiger partial charge in [0.15, 0.2) is 11.6 Å². The number of nitrogens with zero attached hydrogens (tertiary/aromatic N) is 5. The largest absolute Gasteiger partial charge is 0.471 e. The van der Waals surface area contributed by atoms with Crippen LogP contribution in [-0.2, 0) is 11.8 Å².